The minimum atomic E-state index is -0.898. The first-order valence-electron chi connectivity index (χ1n) is 6.87. The molecule has 5 nitrogen and oxygen atoms in total. The summed E-state index contributed by atoms with van der Waals surface area (Å²) in [5.74, 6) is -1.76. The van der Waals surface area contributed by atoms with Gasteiger partial charge in [0.1, 0.15) is 0 Å². The number of nitrogens with zero attached hydrogens (tertiary/aromatic N) is 1. The molecule has 0 fully saturated rings. The summed E-state index contributed by atoms with van der Waals surface area (Å²) in [5, 5.41) is 6.68. The molecular formula is C17H13Cl2N3O2. The monoisotopic (exact) mass is 361 g/mol. The number of carbonyl (C=O) groups is 2. The molecule has 2 rings (SSSR count). The van der Waals surface area contributed by atoms with Gasteiger partial charge in [-0.3, -0.25) is 9.59 Å². The fraction of sp³-hybridized carbons (Fsp3) is 0. The van der Waals surface area contributed by atoms with Crippen LogP contribution in [0.2, 0.25) is 10.0 Å². The quantitative estimate of drug-likeness (QED) is 0.494. The Labute approximate surface area is 149 Å². The van der Waals surface area contributed by atoms with Crippen molar-refractivity contribution in [1.29, 1.82) is 0 Å². The Kier molecular flexibility index (Phi) is 6.54. The smallest absolute Gasteiger partial charge is 0.318 e. The second-order valence-electron chi connectivity index (χ2n) is 4.57. The van der Waals surface area contributed by atoms with Gasteiger partial charge in [0.15, 0.2) is 0 Å². The molecule has 2 aromatic carbocycles. The van der Waals surface area contributed by atoms with E-state index in [1.165, 1.54) is 24.4 Å². The van der Waals surface area contributed by atoms with E-state index in [2.05, 4.69) is 15.8 Å². The SMILES string of the molecule is O=C(N/N=C\C=C\c1ccccc1)C(=O)Nc1ccc(Cl)c(Cl)c1. The lowest BCUT2D eigenvalue weighted by molar-refractivity contribution is -0.136. The highest BCUT2D eigenvalue weighted by Gasteiger charge is 2.13. The number of hydrogen-bond acceptors (Lipinski definition) is 3. The van der Waals surface area contributed by atoms with Gasteiger partial charge in [-0.2, -0.15) is 5.10 Å². The largest absolute Gasteiger partial charge is 0.329 e. The fourth-order valence-electron chi connectivity index (χ4n) is 1.67. The van der Waals surface area contributed by atoms with Gasteiger partial charge in [-0.1, -0.05) is 59.6 Å². The highest BCUT2D eigenvalue weighted by atomic mass is 35.5. The van der Waals surface area contributed by atoms with Crippen LogP contribution in [0.4, 0.5) is 5.69 Å². The van der Waals surface area contributed by atoms with Crippen molar-refractivity contribution in [2.75, 3.05) is 5.32 Å². The highest BCUT2D eigenvalue weighted by molar-refractivity contribution is 6.42. The number of carbonyl (C=O) groups excluding carboxylic acids is 2. The number of rotatable bonds is 4. The van der Waals surface area contributed by atoms with E-state index in [9.17, 15) is 9.59 Å². The van der Waals surface area contributed by atoms with E-state index in [1.807, 2.05) is 36.4 Å². The Morgan fingerprint density at radius 2 is 1.71 bits per heavy atom. The molecule has 2 aromatic rings. The Morgan fingerprint density at radius 1 is 0.958 bits per heavy atom. The number of allylic oxidation sites excluding steroid dienone is 1. The average Bonchev–Trinajstić information content (AvgIpc) is 2.58. The van der Waals surface area contributed by atoms with Crippen LogP contribution < -0.4 is 10.7 Å². The number of amides is 2. The molecule has 2 N–H and O–H groups in total. The van der Waals surface area contributed by atoms with Crippen LogP contribution >= 0.6 is 23.2 Å². The zero-order valence-corrected chi connectivity index (χ0v) is 13.9. The van der Waals surface area contributed by atoms with Crippen molar-refractivity contribution in [3.05, 3.63) is 70.2 Å². The second kappa shape index (κ2) is 8.86. The molecule has 0 aliphatic carbocycles. The van der Waals surface area contributed by atoms with E-state index in [4.69, 9.17) is 23.2 Å². The van der Waals surface area contributed by atoms with Crippen LogP contribution in [0.15, 0.2) is 59.7 Å². The van der Waals surface area contributed by atoms with Gasteiger partial charge in [0, 0.05) is 11.9 Å². The predicted octanol–water partition coefficient (Wildman–Crippen LogP) is 3.75. The maximum Gasteiger partial charge on any atom is 0.329 e. The lowest BCUT2D eigenvalue weighted by Gasteiger charge is -2.04. The number of halogens is 2. The van der Waals surface area contributed by atoms with Crippen molar-refractivity contribution in [2.45, 2.75) is 0 Å². The number of hydrazone groups is 1. The number of nitrogens with one attached hydrogen (secondary N) is 2. The van der Waals surface area contributed by atoms with E-state index in [0.29, 0.717) is 10.7 Å². The van der Waals surface area contributed by atoms with Crippen LogP contribution in [0.1, 0.15) is 5.56 Å². The predicted molar refractivity (Wildman–Crippen MR) is 97.2 cm³/mol. The molecule has 0 spiro atoms. The molecule has 0 atom stereocenters. The summed E-state index contributed by atoms with van der Waals surface area (Å²) in [6, 6.07) is 14.1. The zero-order valence-electron chi connectivity index (χ0n) is 12.4. The van der Waals surface area contributed by atoms with Crippen LogP contribution in [0.5, 0.6) is 0 Å². The summed E-state index contributed by atoms with van der Waals surface area (Å²) in [7, 11) is 0. The normalized spacial score (nSPS) is 10.9. The van der Waals surface area contributed by atoms with E-state index in [1.54, 1.807) is 6.08 Å². The molecule has 0 unspecified atom stereocenters. The van der Waals surface area contributed by atoms with Gasteiger partial charge in [-0.15, -0.1) is 0 Å². The van der Waals surface area contributed by atoms with Crippen LogP contribution in [0.3, 0.4) is 0 Å². The third-order valence-corrected chi connectivity index (χ3v) is 3.54. The van der Waals surface area contributed by atoms with Gasteiger partial charge in [0.2, 0.25) is 0 Å². The Hall–Kier alpha value is -2.63. The van der Waals surface area contributed by atoms with Gasteiger partial charge < -0.3 is 5.32 Å². The molecule has 0 aromatic heterocycles. The first-order chi connectivity index (χ1) is 11.6. The van der Waals surface area contributed by atoms with Gasteiger partial charge >= 0.3 is 11.8 Å². The summed E-state index contributed by atoms with van der Waals surface area (Å²) >= 11 is 11.6. The molecule has 0 heterocycles. The maximum absolute atomic E-state index is 11.7. The molecule has 7 heteroatoms. The van der Waals surface area contributed by atoms with Crippen molar-refractivity contribution in [3.8, 4) is 0 Å². The van der Waals surface area contributed by atoms with Gasteiger partial charge in [0.25, 0.3) is 0 Å². The van der Waals surface area contributed by atoms with Crippen molar-refractivity contribution in [3.63, 3.8) is 0 Å². The second-order valence-corrected chi connectivity index (χ2v) is 5.39. The van der Waals surface area contributed by atoms with Gasteiger partial charge in [-0.25, -0.2) is 5.43 Å². The minimum absolute atomic E-state index is 0.277. The Morgan fingerprint density at radius 3 is 2.42 bits per heavy atom. The standard InChI is InChI=1S/C17H13Cl2N3O2/c18-14-9-8-13(11-15(14)19)21-16(23)17(24)22-20-10-4-7-12-5-2-1-3-6-12/h1-11H,(H,21,23)(H,22,24)/b7-4+,20-10-. The van der Waals surface area contributed by atoms with E-state index >= 15 is 0 Å². The van der Waals surface area contributed by atoms with Crippen molar-refractivity contribution < 1.29 is 9.59 Å². The minimum Gasteiger partial charge on any atom is -0.318 e. The molecule has 0 radical (unpaired) electrons. The number of anilines is 1. The van der Waals surface area contributed by atoms with Crippen LogP contribution in [0.25, 0.3) is 6.08 Å². The lowest BCUT2D eigenvalue weighted by atomic mass is 10.2. The van der Waals surface area contributed by atoms with E-state index in [-0.39, 0.29) is 5.02 Å². The highest BCUT2D eigenvalue weighted by Crippen LogP contribution is 2.24. The summed E-state index contributed by atoms with van der Waals surface area (Å²) in [5.41, 5.74) is 3.48. The topological polar surface area (TPSA) is 70.6 Å². The molecule has 0 bridgehead atoms. The first-order valence-corrected chi connectivity index (χ1v) is 7.63. The fourth-order valence-corrected chi connectivity index (χ4v) is 1.97. The summed E-state index contributed by atoms with van der Waals surface area (Å²) < 4.78 is 0. The molecule has 0 saturated carbocycles. The Bertz CT molecular complexity index is 790. The van der Waals surface area contributed by atoms with Gasteiger partial charge in [0.05, 0.1) is 10.0 Å². The van der Waals surface area contributed by atoms with Crippen molar-refractivity contribution in [1.82, 2.24) is 5.43 Å². The number of benzene rings is 2. The van der Waals surface area contributed by atoms with E-state index < -0.39 is 11.8 Å². The third kappa shape index (κ3) is 5.53. The third-order valence-electron chi connectivity index (χ3n) is 2.80. The molecule has 0 saturated heterocycles. The van der Waals surface area contributed by atoms with E-state index in [0.717, 1.165) is 5.56 Å². The molecular weight excluding hydrogens is 349 g/mol. The molecule has 2 amide bonds. The summed E-state index contributed by atoms with van der Waals surface area (Å²) in [6.07, 6.45) is 4.83. The van der Waals surface area contributed by atoms with Crippen LogP contribution in [-0.2, 0) is 9.59 Å². The van der Waals surface area contributed by atoms with Crippen LogP contribution in [-0.4, -0.2) is 18.0 Å². The maximum atomic E-state index is 11.7. The summed E-state index contributed by atoms with van der Waals surface area (Å²) in [6.45, 7) is 0. The van der Waals surface area contributed by atoms with Gasteiger partial charge in [-0.05, 0) is 29.8 Å². The average molecular weight is 362 g/mol. The van der Waals surface area contributed by atoms with Crippen LogP contribution in [0, 0.1) is 0 Å². The summed E-state index contributed by atoms with van der Waals surface area (Å²) in [4.78, 5) is 23.3. The number of hydrogen-bond donors (Lipinski definition) is 2. The molecule has 0 aliphatic rings. The zero-order chi connectivity index (χ0) is 17.4. The van der Waals surface area contributed by atoms with Crippen molar-refractivity contribution in [2.24, 2.45) is 5.10 Å². The molecule has 24 heavy (non-hydrogen) atoms. The molecule has 0 aliphatic heterocycles. The Balaban J connectivity index is 1.83. The first kappa shape index (κ1) is 17.7. The molecule has 122 valence electrons. The lowest BCUT2D eigenvalue weighted by Crippen LogP contribution is -2.32. The van der Waals surface area contributed by atoms with Crippen molar-refractivity contribution >= 4 is 53.0 Å².